The third-order valence-electron chi connectivity index (χ3n) is 2.46. The molecule has 21 heavy (non-hydrogen) atoms. The molecule has 0 fully saturated rings. The predicted molar refractivity (Wildman–Crippen MR) is 94.7 cm³/mol. The number of guanidine groups is 1. The molecule has 1 aromatic carbocycles. The highest BCUT2D eigenvalue weighted by molar-refractivity contribution is 7.13. The lowest BCUT2D eigenvalue weighted by atomic mass is 10.1. The maximum Gasteiger partial charge on any atom is 0.212 e. The Kier molecular flexibility index (Phi) is 7.72. The van der Waals surface area contributed by atoms with Gasteiger partial charge in [-0.25, -0.2) is 4.98 Å². The van der Waals surface area contributed by atoms with Crippen LogP contribution < -0.4 is 16.4 Å². The lowest BCUT2D eigenvalue weighted by Gasteiger charge is -2.12. The Morgan fingerprint density at radius 3 is 2.71 bits per heavy atom. The van der Waals surface area contributed by atoms with Crippen molar-refractivity contribution < 1.29 is 0 Å². The Hall–Kier alpha value is -1.83. The molecule has 0 radical (unpaired) electrons. The van der Waals surface area contributed by atoms with Gasteiger partial charge in [0.15, 0.2) is 5.96 Å². The zero-order valence-electron chi connectivity index (χ0n) is 11.2. The third kappa shape index (κ3) is 4.89. The van der Waals surface area contributed by atoms with Crippen LogP contribution in [0.15, 0.2) is 34.6 Å². The maximum absolute atomic E-state index is 7.24. The normalized spacial score (nSPS) is 9.00. The van der Waals surface area contributed by atoms with Crippen LogP contribution in [0.4, 0.5) is 10.8 Å². The molecule has 6 nitrogen and oxygen atoms in total. The molecule has 5 N–H and O–H groups in total. The van der Waals surface area contributed by atoms with Crippen molar-refractivity contribution in [2.45, 2.75) is 0 Å². The molecule has 0 bridgehead atoms. The van der Waals surface area contributed by atoms with Gasteiger partial charge in [0, 0.05) is 23.7 Å². The number of aromatic nitrogens is 1. The van der Waals surface area contributed by atoms with Gasteiger partial charge in [0.05, 0.1) is 12.0 Å². The molecule has 0 aliphatic rings. The minimum Gasteiger partial charge on any atom is -0.370 e. The van der Waals surface area contributed by atoms with E-state index in [1.807, 2.05) is 36.7 Å². The molecule has 0 amide bonds. The number of hydrogen-bond donors (Lipinski definition) is 3. The fraction of sp³-hybridized carbons (Fsp3) is 0.0833. The number of hydrogen-bond acceptors (Lipinski definition) is 4. The second kappa shape index (κ2) is 8.46. The first-order chi connectivity index (χ1) is 9.10. The molecule has 9 heteroatoms. The monoisotopic (exact) mass is 346 g/mol. The number of aliphatic imine (C=N–C) groups is 1. The lowest BCUT2D eigenvalue weighted by molar-refractivity contribution is 1.27. The first-order valence-corrected chi connectivity index (χ1v) is 6.37. The zero-order valence-corrected chi connectivity index (χ0v) is 13.6. The number of nitrogens with one attached hydrogen (secondary N) is 1. The van der Waals surface area contributed by atoms with Crippen molar-refractivity contribution in [3.8, 4) is 11.3 Å². The molecule has 1 aromatic heterocycles. The van der Waals surface area contributed by atoms with E-state index in [9.17, 15) is 0 Å². The summed E-state index contributed by atoms with van der Waals surface area (Å²) >= 11 is 1.38. The number of rotatable bonds is 4. The first kappa shape index (κ1) is 19.2. The van der Waals surface area contributed by atoms with Crippen LogP contribution in [-0.4, -0.2) is 24.3 Å². The summed E-state index contributed by atoms with van der Waals surface area (Å²) in [6.45, 7) is 0. The number of halogens is 2. The van der Waals surface area contributed by atoms with Gasteiger partial charge in [-0.3, -0.25) is 5.41 Å². The summed E-state index contributed by atoms with van der Waals surface area (Å²) in [4.78, 5) is 9.97. The van der Waals surface area contributed by atoms with Gasteiger partial charge in [-0.15, -0.1) is 36.2 Å². The van der Waals surface area contributed by atoms with E-state index >= 15 is 0 Å². The van der Waals surface area contributed by atoms with Crippen molar-refractivity contribution >= 4 is 59.3 Å². The molecule has 0 atom stereocenters. The molecule has 0 spiro atoms. The number of benzene rings is 1. The summed E-state index contributed by atoms with van der Waals surface area (Å²) < 4.78 is 0. The van der Waals surface area contributed by atoms with Gasteiger partial charge in [-0.1, -0.05) is 12.1 Å². The second-order valence-corrected chi connectivity index (χ2v) is 4.68. The topological polar surface area (TPSA) is 104 Å². The molecule has 2 aromatic rings. The molecule has 0 aliphatic heterocycles. The number of nitrogens with two attached hydrogens (primary N) is 2. The summed E-state index contributed by atoms with van der Waals surface area (Å²) in [5, 5.41) is 9.67. The molecule has 2 rings (SSSR count). The van der Waals surface area contributed by atoms with Gasteiger partial charge in [0.1, 0.15) is 0 Å². The summed E-state index contributed by atoms with van der Waals surface area (Å²) in [6.07, 6.45) is 1.25. The Morgan fingerprint density at radius 1 is 1.38 bits per heavy atom. The minimum absolute atomic E-state index is 0. The summed E-state index contributed by atoms with van der Waals surface area (Å²) in [7, 11) is 1.82. The van der Waals surface area contributed by atoms with E-state index in [1.54, 1.807) is 4.90 Å². The predicted octanol–water partition coefficient (Wildman–Crippen LogP) is 2.60. The van der Waals surface area contributed by atoms with E-state index in [1.165, 1.54) is 17.7 Å². The van der Waals surface area contributed by atoms with Gasteiger partial charge in [0.25, 0.3) is 0 Å². The van der Waals surface area contributed by atoms with Gasteiger partial charge < -0.3 is 16.4 Å². The van der Waals surface area contributed by atoms with Gasteiger partial charge in [-0.2, -0.15) is 4.99 Å². The minimum atomic E-state index is -0.00168. The van der Waals surface area contributed by atoms with Crippen LogP contribution in [0.5, 0.6) is 0 Å². The number of thiazole rings is 1. The van der Waals surface area contributed by atoms with Crippen LogP contribution in [0, 0.1) is 5.41 Å². The van der Waals surface area contributed by atoms with E-state index in [0.29, 0.717) is 5.13 Å². The van der Waals surface area contributed by atoms with Gasteiger partial charge >= 0.3 is 0 Å². The van der Waals surface area contributed by atoms with Crippen molar-refractivity contribution in [1.82, 2.24) is 4.98 Å². The molecule has 114 valence electrons. The van der Waals surface area contributed by atoms with Crippen molar-refractivity contribution in [3.63, 3.8) is 0 Å². The van der Waals surface area contributed by atoms with Gasteiger partial charge in [-0.05, 0) is 12.1 Å². The number of anilines is 1. The fourth-order valence-corrected chi connectivity index (χ4v) is 2.23. The lowest BCUT2D eigenvalue weighted by Crippen LogP contribution is -2.21. The molecule has 0 aliphatic carbocycles. The molecule has 0 saturated heterocycles. The molecule has 1 heterocycles. The van der Waals surface area contributed by atoms with E-state index in [-0.39, 0.29) is 30.8 Å². The third-order valence-corrected chi connectivity index (χ3v) is 3.19. The SMILES string of the molecule is CN(C=N)c1cccc(-c2csc(N=C(N)N)n2)c1.Cl.Cl. The zero-order chi connectivity index (χ0) is 13.8. The number of nitrogens with zero attached hydrogens (tertiary/aromatic N) is 3. The second-order valence-electron chi connectivity index (χ2n) is 3.84. The largest absolute Gasteiger partial charge is 0.370 e. The smallest absolute Gasteiger partial charge is 0.212 e. The van der Waals surface area contributed by atoms with E-state index in [2.05, 4.69) is 9.98 Å². The Morgan fingerprint density at radius 2 is 2.10 bits per heavy atom. The van der Waals surface area contributed by atoms with Crippen molar-refractivity contribution in [1.29, 1.82) is 5.41 Å². The van der Waals surface area contributed by atoms with Crippen LogP contribution in [-0.2, 0) is 0 Å². The highest BCUT2D eigenvalue weighted by Crippen LogP contribution is 2.28. The fourth-order valence-electron chi connectivity index (χ4n) is 1.52. The molecular formula is C12H16Cl2N6S. The van der Waals surface area contributed by atoms with Crippen LogP contribution in [0.25, 0.3) is 11.3 Å². The Bertz CT molecular complexity index is 624. The standard InChI is InChI=1S/C12H14N6S.2ClH/c1-18(7-13)9-4-2-3-8(5-9)10-6-19-12(16-10)17-11(14)15;;/h2-7,13H,1H3,(H4,14,15,16,17);2*1H. The highest BCUT2D eigenvalue weighted by Gasteiger charge is 2.06. The van der Waals surface area contributed by atoms with Crippen molar-refractivity contribution in [2.24, 2.45) is 16.5 Å². The van der Waals surface area contributed by atoms with Crippen LogP contribution >= 0.6 is 36.2 Å². The first-order valence-electron chi connectivity index (χ1n) is 5.49. The summed E-state index contributed by atoms with van der Waals surface area (Å²) in [5.74, 6) is -0.00168. The van der Waals surface area contributed by atoms with Crippen LogP contribution in [0.2, 0.25) is 0 Å². The van der Waals surface area contributed by atoms with Crippen LogP contribution in [0.3, 0.4) is 0 Å². The van der Waals surface area contributed by atoms with E-state index in [4.69, 9.17) is 16.9 Å². The van der Waals surface area contributed by atoms with Crippen molar-refractivity contribution in [2.75, 3.05) is 11.9 Å². The summed E-state index contributed by atoms with van der Waals surface area (Å²) in [6, 6.07) is 7.76. The van der Waals surface area contributed by atoms with E-state index in [0.717, 1.165) is 16.9 Å². The average Bonchev–Trinajstić information content (AvgIpc) is 2.85. The quantitative estimate of drug-likeness (QED) is 0.584. The summed E-state index contributed by atoms with van der Waals surface area (Å²) in [5.41, 5.74) is 13.3. The average molecular weight is 347 g/mol. The van der Waals surface area contributed by atoms with E-state index < -0.39 is 0 Å². The highest BCUT2D eigenvalue weighted by atomic mass is 35.5. The molecule has 0 unspecified atom stereocenters. The maximum atomic E-state index is 7.24. The van der Waals surface area contributed by atoms with Crippen molar-refractivity contribution in [3.05, 3.63) is 29.6 Å². The van der Waals surface area contributed by atoms with Gasteiger partial charge in [0.2, 0.25) is 5.13 Å². The molecule has 0 saturated carbocycles. The van der Waals surface area contributed by atoms with Crippen LogP contribution in [0.1, 0.15) is 0 Å². The Balaban J connectivity index is 0.00000200. The molecular weight excluding hydrogens is 331 g/mol. The Labute approximate surface area is 139 Å².